The molecule has 0 aliphatic rings. The Hall–Kier alpha value is -3.77. The Labute approximate surface area is 178 Å². The quantitative estimate of drug-likeness (QED) is 0.321. The zero-order valence-electron chi connectivity index (χ0n) is 15.0. The van der Waals surface area contributed by atoms with Crippen LogP contribution < -0.4 is 10.7 Å². The molecule has 0 atom stereocenters. The van der Waals surface area contributed by atoms with Gasteiger partial charge in [0.25, 0.3) is 11.6 Å². The molecule has 0 unspecified atom stereocenters. The second-order valence-corrected chi connectivity index (χ2v) is 7.10. The SMILES string of the molecule is O=C(Cc1nnc(NC(=O)c2ccc([N+](=O)[O-])c(Cl)c2)s1)N/N=C\c1ccncc1. The first kappa shape index (κ1) is 21.0. The Morgan fingerprint density at radius 1 is 1.23 bits per heavy atom. The summed E-state index contributed by atoms with van der Waals surface area (Å²) < 4.78 is 0. The molecular formula is C17H12ClN7O4S. The van der Waals surface area contributed by atoms with Gasteiger partial charge in [-0.3, -0.25) is 30.0 Å². The maximum atomic E-state index is 12.3. The van der Waals surface area contributed by atoms with Gasteiger partial charge < -0.3 is 0 Å². The van der Waals surface area contributed by atoms with Crippen molar-refractivity contribution in [3.05, 3.63) is 74.0 Å². The van der Waals surface area contributed by atoms with Gasteiger partial charge in [0, 0.05) is 24.0 Å². The van der Waals surface area contributed by atoms with E-state index in [0.717, 1.165) is 23.0 Å². The Kier molecular flexibility index (Phi) is 6.72. The number of nitrogens with one attached hydrogen (secondary N) is 2. The maximum Gasteiger partial charge on any atom is 0.287 e. The van der Waals surface area contributed by atoms with E-state index < -0.39 is 16.7 Å². The van der Waals surface area contributed by atoms with Gasteiger partial charge in [-0.15, -0.1) is 10.2 Å². The third kappa shape index (κ3) is 5.62. The van der Waals surface area contributed by atoms with Crippen molar-refractivity contribution >= 4 is 51.8 Å². The van der Waals surface area contributed by atoms with E-state index in [1.165, 1.54) is 18.3 Å². The Morgan fingerprint density at radius 2 is 2.00 bits per heavy atom. The first-order valence-electron chi connectivity index (χ1n) is 8.22. The third-order valence-corrected chi connectivity index (χ3v) is 4.66. The number of carbonyl (C=O) groups excluding carboxylic acids is 2. The number of benzene rings is 1. The summed E-state index contributed by atoms with van der Waals surface area (Å²) in [7, 11) is 0. The number of rotatable bonds is 7. The molecule has 0 fully saturated rings. The molecule has 0 aliphatic carbocycles. The van der Waals surface area contributed by atoms with Crippen molar-refractivity contribution in [2.24, 2.45) is 5.10 Å². The molecule has 0 saturated carbocycles. The van der Waals surface area contributed by atoms with Crippen LogP contribution in [0.3, 0.4) is 0 Å². The molecule has 0 aliphatic heterocycles. The second-order valence-electron chi connectivity index (χ2n) is 5.63. The van der Waals surface area contributed by atoms with Crippen molar-refractivity contribution < 1.29 is 14.5 Å². The van der Waals surface area contributed by atoms with Crippen LogP contribution in [0.15, 0.2) is 47.8 Å². The fraction of sp³-hybridized carbons (Fsp3) is 0.0588. The molecule has 11 nitrogen and oxygen atoms in total. The number of halogens is 1. The summed E-state index contributed by atoms with van der Waals surface area (Å²) in [6, 6.07) is 7.06. The summed E-state index contributed by atoms with van der Waals surface area (Å²) in [6.07, 6.45) is 4.60. The van der Waals surface area contributed by atoms with Gasteiger partial charge in [-0.2, -0.15) is 5.10 Å². The molecule has 3 aromatic rings. The largest absolute Gasteiger partial charge is 0.296 e. The van der Waals surface area contributed by atoms with E-state index in [1.807, 2.05) is 0 Å². The standard InChI is InChI=1S/C17H12ClN7O4S/c18-12-7-11(1-2-13(12)25(28)29)16(27)21-17-24-23-15(30-17)8-14(26)22-20-9-10-3-5-19-6-4-10/h1-7,9H,8H2,(H,22,26)(H,21,24,27)/b20-9-. The number of carbonyl (C=O) groups is 2. The topological polar surface area (TPSA) is 152 Å². The minimum atomic E-state index is -0.646. The molecule has 3 rings (SSSR count). The van der Waals surface area contributed by atoms with E-state index >= 15 is 0 Å². The summed E-state index contributed by atoms with van der Waals surface area (Å²) in [5, 5.41) is 25.1. The van der Waals surface area contributed by atoms with Crippen LogP contribution in [-0.2, 0) is 11.2 Å². The molecule has 0 radical (unpaired) electrons. The van der Waals surface area contributed by atoms with E-state index in [0.29, 0.717) is 5.01 Å². The molecular weight excluding hydrogens is 434 g/mol. The van der Waals surface area contributed by atoms with Gasteiger partial charge in [0.15, 0.2) is 0 Å². The fourth-order valence-electron chi connectivity index (χ4n) is 2.15. The molecule has 0 spiro atoms. The summed E-state index contributed by atoms with van der Waals surface area (Å²) in [4.78, 5) is 38.2. The number of amides is 2. The number of nitro groups is 1. The van der Waals surface area contributed by atoms with E-state index in [1.54, 1.807) is 24.5 Å². The third-order valence-electron chi connectivity index (χ3n) is 3.51. The number of anilines is 1. The summed E-state index contributed by atoms with van der Waals surface area (Å²) >= 11 is 6.82. The number of pyridine rings is 1. The number of aromatic nitrogens is 3. The van der Waals surface area contributed by atoms with Crippen molar-refractivity contribution in [2.75, 3.05) is 5.32 Å². The van der Waals surface area contributed by atoms with Gasteiger partial charge in [0.2, 0.25) is 11.0 Å². The molecule has 2 aromatic heterocycles. The van der Waals surface area contributed by atoms with Crippen molar-refractivity contribution in [3.63, 3.8) is 0 Å². The molecule has 2 N–H and O–H groups in total. The van der Waals surface area contributed by atoms with Gasteiger partial charge in [-0.05, 0) is 29.8 Å². The molecule has 0 saturated heterocycles. The monoisotopic (exact) mass is 445 g/mol. The summed E-state index contributed by atoms with van der Waals surface area (Å²) in [5.41, 5.74) is 2.96. The van der Waals surface area contributed by atoms with Crippen molar-refractivity contribution in [2.45, 2.75) is 6.42 Å². The minimum Gasteiger partial charge on any atom is -0.296 e. The van der Waals surface area contributed by atoms with Gasteiger partial charge >= 0.3 is 0 Å². The average Bonchev–Trinajstić information content (AvgIpc) is 3.15. The van der Waals surface area contributed by atoms with Gasteiger partial charge in [-0.25, -0.2) is 5.43 Å². The number of hydrogen-bond acceptors (Lipinski definition) is 9. The molecule has 0 bridgehead atoms. The van der Waals surface area contributed by atoms with E-state index in [4.69, 9.17) is 11.6 Å². The first-order chi connectivity index (χ1) is 14.4. The van der Waals surface area contributed by atoms with Gasteiger partial charge in [0.1, 0.15) is 10.0 Å². The lowest BCUT2D eigenvalue weighted by Gasteiger charge is -2.02. The fourth-order valence-corrected chi connectivity index (χ4v) is 3.13. The summed E-state index contributed by atoms with van der Waals surface area (Å²) in [5.74, 6) is -0.975. The van der Waals surface area contributed by atoms with Crippen LogP contribution in [0.4, 0.5) is 10.8 Å². The van der Waals surface area contributed by atoms with Gasteiger partial charge in [0.05, 0.1) is 17.6 Å². The highest BCUT2D eigenvalue weighted by Crippen LogP contribution is 2.25. The Balaban J connectivity index is 1.55. The molecule has 2 amide bonds. The predicted molar refractivity (Wildman–Crippen MR) is 110 cm³/mol. The van der Waals surface area contributed by atoms with Crippen LogP contribution in [0.25, 0.3) is 0 Å². The van der Waals surface area contributed by atoms with Crippen LogP contribution in [0.5, 0.6) is 0 Å². The molecule has 152 valence electrons. The average molecular weight is 446 g/mol. The van der Waals surface area contributed by atoms with Crippen LogP contribution in [0.2, 0.25) is 5.02 Å². The van der Waals surface area contributed by atoms with Crippen LogP contribution >= 0.6 is 22.9 Å². The molecule has 13 heteroatoms. The normalized spacial score (nSPS) is 10.7. The van der Waals surface area contributed by atoms with Gasteiger partial charge in [-0.1, -0.05) is 22.9 Å². The predicted octanol–water partition coefficient (Wildman–Crippen LogP) is 2.44. The molecule has 30 heavy (non-hydrogen) atoms. The van der Waals surface area contributed by atoms with E-state index in [9.17, 15) is 19.7 Å². The lowest BCUT2D eigenvalue weighted by molar-refractivity contribution is -0.384. The zero-order valence-corrected chi connectivity index (χ0v) is 16.6. The number of hydrogen-bond donors (Lipinski definition) is 2. The second kappa shape index (κ2) is 9.62. The summed E-state index contributed by atoms with van der Waals surface area (Å²) in [6.45, 7) is 0. The first-order valence-corrected chi connectivity index (χ1v) is 9.41. The Bertz CT molecular complexity index is 1120. The number of hydrazone groups is 1. The van der Waals surface area contributed by atoms with Crippen molar-refractivity contribution in [1.82, 2.24) is 20.6 Å². The maximum absolute atomic E-state index is 12.3. The van der Waals surface area contributed by atoms with E-state index in [-0.39, 0.29) is 27.8 Å². The van der Waals surface area contributed by atoms with Crippen molar-refractivity contribution in [3.8, 4) is 0 Å². The number of nitrogens with zero attached hydrogens (tertiary/aromatic N) is 5. The Morgan fingerprint density at radius 3 is 2.70 bits per heavy atom. The highest BCUT2D eigenvalue weighted by Gasteiger charge is 2.17. The lowest BCUT2D eigenvalue weighted by atomic mass is 10.2. The van der Waals surface area contributed by atoms with Crippen LogP contribution in [-0.4, -0.2) is 38.1 Å². The lowest BCUT2D eigenvalue weighted by Crippen LogP contribution is -2.19. The highest BCUT2D eigenvalue weighted by molar-refractivity contribution is 7.15. The van der Waals surface area contributed by atoms with Crippen LogP contribution in [0, 0.1) is 10.1 Å². The minimum absolute atomic E-state index is 0.0788. The van der Waals surface area contributed by atoms with E-state index in [2.05, 4.69) is 31.0 Å². The van der Waals surface area contributed by atoms with Crippen LogP contribution in [0.1, 0.15) is 20.9 Å². The zero-order chi connectivity index (χ0) is 21.5. The van der Waals surface area contributed by atoms with Crippen molar-refractivity contribution in [1.29, 1.82) is 0 Å². The number of nitro benzene ring substituents is 1. The highest BCUT2D eigenvalue weighted by atomic mass is 35.5. The molecule has 2 heterocycles. The smallest absolute Gasteiger partial charge is 0.287 e. The molecule has 1 aromatic carbocycles.